The second-order valence-electron chi connectivity index (χ2n) is 6.40. The molecule has 1 heterocycles. The Labute approximate surface area is 133 Å². The van der Waals surface area contributed by atoms with Crippen LogP contribution >= 0.6 is 11.8 Å². The number of ether oxygens (including phenoxy) is 1. The van der Waals surface area contributed by atoms with Gasteiger partial charge in [-0.25, -0.2) is 4.79 Å². The molecule has 0 aromatic carbocycles. The number of nitrogens with one attached hydrogen (secondary N) is 1. The van der Waals surface area contributed by atoms with Crippen molar-refractivity contribution in [3.05, 3.63) is 0 Å². The van der Waals surface area contributed by atoms with Gasteiger partial charge in [0.15, 0.2) is 0 Å². The predicted molar refractivity (Wildman–Crippen MR) is 88.9 cm³/mol. The Hall–Kier alpha value is -0.420. The lowest BCUT2D eigenvalue weighted by Gasteiger charge is -2.42. The van der Waals surface area contributed by atoms with Crippen LogP contribution in [0.3, 0.4) is 0 Å². The van der Waals surface area contributed by atoms with Crippen molar-refractivity contribution >= 4 is 17.8 Å². The maximum absolute atomic E-state index is 12.5. The fourth-order valence-electron chi connectivity index (χ4n) is 3.19. The third-order valence-corrected chi connectivity index (χ3v) is 5.95. The first kappa shape index (κ1) is 16.9. The topological polar surface area (TPSA) is 41.6 Å². The van der Waals surface area contributed by atoms with Crippen LogP contribution in [0.2, 0.25) is 0 Å². The minimum atomic E-state index is 0.132. The summed E-state index contributed by atoms with van der Waals surface area (Å²) in [7, 11) is 0. The Balaban J connectivity index is 1.78. The largest absolute Gasteiger partial charge is 0.382 e. The van der Waals surface area contributed by atoms with Crippen molar-refractivity contribution < 1.29 is 9.53 Å². The van der Waals surface area contributed by atoms with E-state index in [1.165, 1.54) is 25.0 Å². The van der Waals surface area contributed by atoms with Crippen LogP contribution in [-0.2, 0) is 4.74 Å². The summed E-state index contributed by atoms with van der Waals surface area (Å²) in [6.07, 6.45) is 5.93. The molecule has 2 fully saturated rings. The predicted octanol–water partition coefficient (Wildman–Crippen LogP) is 3.12. The zero-order chi connectivity index (χ0) is 15.1. The monoisotopic (exact) mass is 314 g/mol. The Kier molecular flexibility index (Phi) is 6.68. The van der Waals surface area contributed by atoms with E-state index in [1.54, 1.807) is 0 Å². The van der Waals surface area contributed by atoms with Gasteiger partial charge < -0.3 is 15.0 Å². The molecule has 4 nitrogen and oxygen atoms in total. The lowest BCUT2D eigenvalue weighted by atomic mass is 9.67. The number of carbonyl (C=O) groups excluding carboxylic acids is 1. The van der Waals surface area contributed by atoms with Crippen molar-refractivity contribution in [2.75, 3.05) is 37.8 Å². The third-order valence-electron chi connectivity index (χ3n) is 4.96. The summed E-state index contributed by atoms with van der Waals surface area (Å²) >= 11 is 1.96. The molecule has 2 rings (SSSR count). The molecule has 1 aliphatic carbocycles. The normalized spacial score (nSPS) is 25.0. The molecule has 1 atom stereocenters. The number of nitrogens with zero attached hydrogens (tertiary/aromatic N) is 1. The van der Waals surface area contributed by atoms with Gasteiger partial charge in [-0.15, -0.1) is 0 Å². The summed E-state index contributed by atoms with van der Waals surface area (Å²) in [6.45, 7) is 7.50. The minimum absolute atomic E-state index is 0.132. The summed E-state index contributed by atoms with van der Waals surface area (Å²) in [5, 5.41) is 3.20. The van der Waals surface area contributed by atoms with E-state index in [0.29, 0.717) is 11.5 Å². The molecule has 0 bridgehead atoms. The molecular formula is C16H30N2O2S. The zero-order valence-corrected chi connectivity index (χ0v) is 14.3. The van der Waals surface area contributed by atoms with Crippen LogP contribution in [0.5, 0.6) is 0 Å². The summed E-state index contributed by atoms with van der Waals surface area (Å²) in [5.41, 5.74) is 0.300. The molecule has 1 unspecified atom stereocenters. The van der Waals surface area contributed by atoms with Gasteiger partial charge in [0.05, 0.1) is 0 Å². The van der Waals surface area contributed by atoms with E-state index >= 15 is 0 Å². The van der Waals surface area contributed by atoms with Crippen LogP contribution in [0.15, 0.2) is 0 Å². The molecule has 5 heteroatoms. The first-order valence-corrected chi connectivity index (χ1v) is 9.52. The standard InChI is InChI=1S/C16H30N2O2S/c1-3-20-10-8-16(6-4-7-16)13-17-15(19)18-9-12-21-11-5-14(18)2/h14H,3-13H2,1-2H3,(H,17,19). The number of rotatable bonds is 6. The Morgan fingerprint density at radius 2 is 2.24 bits per heavy atom. The SMILES string of the molecule is CCOCCC1(CNC(=O)N2CCSCCC2C)CCC1. The summed E-state index contributed by atoms with van der Waals surface area (Å²) in [5.74, 6) is 2.23. The fourth-order valence-corrected chi connectivity index (χ4v) is 4.22. The number of amides is 2. The quantitative estimate of drug-likeness (QED) is 0.766. The molecule has 122 valence electrons. The third kappa shape index (κ3) is 4.78. The average Bonchev–Trinajstić information content (AvgIpc) is 2.65. The molecule has 1 aliphatic heterocycles. The number of urea groups is 1. The number of hydrogen-bond acceptors (Lipinski definition) is 3. The van der Waals surface area contributed by atoms with Crippen LogP contribution < -0.4 is 5.32 Å². The first-order valence-electron chi connectivity index (χ1n) is 8.37. The second kappa shape index (κ2) is 8.28. The van der Waals surface area contributed by atoms with Gasteiger partial charge in [0.2, 0.25) is 0 Å². The molecule has 0 aromatic heterocycles. The van der Waals surface area contributed by atoms with Gasteiger partial charge in [-0.3, -0.25) is 0 Å². The van der Waals surface area contributed by atoms with Crippen LogP contribution in [0.4, 0.5) is 4.79 Å². The fraction of sp³-hybridized carbons (Fsp3) is 0.938. The van der Waals surface area contributed by atoms with E-state index < -0.39 is 0 Å². The van der Waals surface area contributed by atoms with E-state index in [-0.39, 0.29) is 6.03 Å². The molecule has 0 radical (unpaired) electrons. The minimum Gasteiger partial charge on any atom is -0.382 e. The highest BCUT2D eigenvalue weighted by Gasteiger charge is 2.37. The summed E-state index contributed by atoms with van der Waals surface area (Å²) in [6, 6.07) is 0.494. The van der Waals surface area contributed by atoms with E-state index in [0.717, 1.165) is 44.9 Å². The molecule has 2 aliphatic rings. The highest BCUT2D eigenvalue weighted by atomic mass is 32.2. The van der Waals surface area contributed by atoms with E-state index in [2.05, 4.69) is 12.2 Å². The lowest BCUT2D eigenvalue weighted by Crippen LogP contribution is -2.50. The second-order valence-corrected chi connectivity index (χ2v) is 7.63. The Morgan fingerprint density at radius 3 is 2.90 bits per heavy atom. The molecule has 1 saturated heterocycles. The van der Waals surface area contributed by atoms with Gasteiger partial charge in [0.25, 0.3) is 0 Å². The van der Waals surface area contributed by atoms with Gasteiger partial charge in [0.1, 0.15) is 0 Å². The number of hydrogen-bond donors (Lipinski definition) is 1. The maximum Gasteiger partial charge on any atom is 0.317 e. The van der Waals surface area contributed by atoms with E-state index in [4.69, 9.17) is 4.74 Å². The van der Waals surface area contributed by atoms with Crippen molar-refractivity contribution in [1.82, 2.24) is 10.2 Å². The van der Waals surface area contributed by atoms with Crippen molar-refractivity contribution in [3.8, 4) is 0 Å². The smallest absolute Gasteiger partial charge is 0.317 e. The molecular weight excluding hydrogens is 284 g/mol. The highest BCUT2D eigenvalue weighted by molar-refractivity contribution is 7.99. The van der Waals surface area contributed by atoms with Gasteiger partial charge in [0, 0.05) is 38.1 Å². The van der Waals surface area contributed by atoms with Crippen molar-refractivity contribution in [1.29, 1.82) is 0 Å². The van der Waals surface area contributed by atoms with Crippen LogP contribution in [-0.4, -0.2) is 54.8 Å². The van der Waals surface area contributed by atoms with Crippen LogP contribution in [0.25, 0.3) is 0 Å². The molecule has 1 saturated carbocycles. The average molecular weight is 314 g/mol. The van der Waals surface area contributed by atoms with Crippen molar-refractivity contribution in [3.63, 3.8) is 0 Å². The Bertz CT molecular complexity index is 334. The summed E-state index contributed by atoms with van der Waals surface area (Å²) in [4.78, 5) is 14.5. The first-order chi connectivity index (χ1) is 10.2. The van der Waals surface area contributed by atoms with E-state index in [1.807, 2.05) is 23.6 Å². The zero-order valence-electron chi connectivity index (χ0n) is 13.5. The summed E-state index contributed by atoms with van der Waals surface area (Å²) < 4.78 is 5.50. The molecule has 2 amide bonds. The van der Waals surface area contributed by atoms with Gasteiger partial charge in [-0.05, 0) is 50.7 Å². The highest BCUT2D eigenvalue weighted by Crippen LogP contribution is 2.43. The Morgan fingerprint density at radius 1 is 1.43 bits per heavy atom. The molecule has 1 N–H and O–H groups in total. The van der Waals surface area contributed by atoms with Gasteiger partial charge in [-0.1, -0.05) is 6.42 Å². The molecule has 0 aromatic rings. The van der Waals surface area contributed by atoms with Crippen molar-refractivity contribution in [2.24, 2.45) is 5.41 Å². The lowest BCUT2D eigenvalue weighted by molar-refractivity contribution is 0.0541. The number of thioether (sulfide) groups is 1. The maximum atomic E-state index is 12.5. The molecule has 21 heavy (non-hydrogen) atoms. The molecule has 0 spiro atoms. The van der Waals surface area contributed by atoms with Crippen LogP contribution in [0.1, 0.15) is 46.0 Å². The van der Waals surface area contributed by atoms with Crippen molar-refractivity contribution in [2.45, 2.75) is 52.0 Å². The number of carbonyl (C=O) groups is 1. The van der Waals surface area contributed by atoms with Gasteiger partial charge >= 0.3 is 6.03 Å². The van der Waals surface area contributed by atoms with E-state index in [9.17, 15) is 4.79 Å². The van der Waals surface area contributed by atoms with Crippen LogP contribution in [0, 0.1) is 5.41 Å². The van der Waals surface area contributed by atoms with Gasteiger partial charge in [-0.2, -0.15) is 11.8 Å².